The highest BCUT2D eigenvalue weighted by molar-refractivity contribution is 6.20. The number of piperazine rings is 1. The summed E-state index contributed by atoms with van der Waals surface area (Å²) < 4.78 is 0. The van der Waals surface area contributed by atoms with E-state index < -0.39 is 0 Å². The fourth-order valence-electron chi connectivity index (χ4n) is 3.24. The van der Waals surface area contributed by atoms with Crippen LogP contribution in [-0.4, -0.2) is 41.5 Å². The van der Waals surface area contributed by atoms with Crippen molar-refractivity contribution in [1.82, 2.24) is 9.80 Å². The van der Waals surface area contributed by atoms with E-state index in [9.17, 15) is 0 Å². The molecule has 0 aromatic heterocycles. The maximum Gasteiger partial charge on any atom is 0.0822 e. The van der Waals surface area contributed by atoms with Crippen molar-refractivity contribution in [2.45, 2.75) is 18.5 Å². The van der Waals surface area contributed by atoms with Crippen LogP contribution in [0.25, 0.3) is 0 Å². The van der Waals surface area contributed by atoms with E-state index in [1.165, 1.54) is 11.1 Å². The standard InChI is InChI=1S/C19H23ClN2/c1-16(20)21-12-14-22(15-13-21)19(17-8-4-2-5-9-17)18-10-6-3-7-11-18/h2-11,16,19H,12-15H2,1H3. The summed E-state index contributed by atoms with van der Waals surface area (Å²) in [5, 5.41) is 0. The Hall–Kier alpha value is -1.35. The molecule has 2 aromatic rings. The third-order valence-corrected chi connectivity index (χ3v) is 4.72. The van der Waals surface area contributed by atoms with E-state index in [0.717, 1.165) is 26.2 Å². The average molecular weight is 315 g/mol. The van der Waals surface area contributed by atoms with Crippen LogP contribution in [-0.2, 0) is 0 Å². The van der Waals surface area contributed by atoms with Crippen LogP contribution >= 0.6 is 11.6 Å². The van der Waals surface area contributed by atoms with Crippen molar-refractivity contribution in [3.63, 3.8) is 0 Å². The minimum absolute atomic E-state index is 0.119. The lowest BCUT2D eigenvalue weighted by Gasteiger charge is -2.40. The summed E-state index contributed by atoms with van der Waals surface area (Å²) in [7, 11) is 0. The normalized spacial score (nSPS) is 18.5. The van der Waals surface area contributed by atoms with Gasteiger partial charge in [-0.3, -0.25) is 9.80 Å². The highest BCUT2D eigenvalue weighted by Gasteiger charge is 2.27. The lowest BCUT2D eigenvalue weighted by molar-refractivity contribution is 0.104. The average Bonchev–Trinajstić information content (AvgIpc) is 2.57. The molecular weight excluding hydrogens is 292 g/mol. The monoisotopic (exact) mass is 314 g/mol. The van der Waals surface area contributed by atoms with E-state index in [0.29, 0.717) is 6.04 Å². The summed E-state index contributed by atoms with van der Waals surface area (Å²) in [4.78, 5) is 4.91. The zero-order valence-corrected chi connectivity index (χ0v) is 13.8. The first-order chi connectivity index (χ1) is 10.8. The molecule has 1 aliphatic rings. The van der Waals surface area contributed by atoms with Crippen molar-refractivity contribution in [3.05, 3.63) is 71.8 Å². The van der Waals surface area contributed by atoms with Crippen molar-refractivity contribution in [1.29, 1.82) is 0 Å². The molecule has 0 spiro atoms. The predicted molar refractivity (Wildman–Crippen MR) is 93.2 cm³/mol. The molecule has 0 radical (unpaired) electrons. The van der Waals surface area contributed by atoms with E-state index in [-0.39, 0.29) is 5.50 Å². The van der Waals surface area contributed by atoms with Gasteiger partial charge in [-0.05, 0) is 18.1 Å². The number of alkyl halides is 1. The molecule has 1 fully saturated rings. The first-order valence-electron chi connectivity index (χ1n) is 7.98. The second-order valence-corrected chi connectivity index (χ2v) is 6.50. The van der Waals surface area contributed by atoms with E-state index in [1.807, 2.05) is 0 Å². The fourth-order valence-corrected chi connectivity index (χ4v) is 3.43. The Balaban J connectivity index is 1.84. The van der Waals surface area contributed by atoms with Crippen LogP contribution in [0, 0.1) is 0 Å². The summed E-state index contributed by atoms with van der Waals surface area (Å²) in [6, 6.07) is 21.9. The molecule has 2 nitrogen and oxygen atoms in total. The lowest BCUT2D eigenvalue weighted by atomic mass is 9.96. The third-order valence-electron chi connectivity index (χ3n) is 4.45. The number of hydrogen-bond donors (Lipinski definition) is 0. The van der Waals surface area contributed by atoms with E-state index in [4.69, 9.17) is 11.6 Å². The zero-order valence-electron chi connectivity index (χ0n) is 13.0. The maximum atomic E-state index is 6.23. The Morgan fingerprint density at radius 1 is 0.727 bits per heavy atom. The molecule has 1 saturated heterocycles. The second-order valence-electron chi connectivity index (χ2n) is 5.87. The molecule has 0 bridgehead atoms. The van der Waals surface area contributed by atoms with Crippen molar-refractivity contribution in [3.8, 4) is 0 Å². The van der Waals surface area contributed by atoms with Gasteiger partial charge in [-0.2, -0.15) is 0 Å². The molecule has 0 aliphatic carbocycles. The molecule has 0 amide bonds. The smallest absolute Gasteiger partial charge is 0.0822 e. The quantitative estimate of drug-likeness (QED) is 0.622. The summed E-state index contributed by atoms with van der Waals surface area (Å²) in [6.45, 7) is 6.21. The van der Waals surface area contributed by atoms with Crippen LogP contribution in [0.5, 0.6) is 0 Å². The summed E-state index contributed by atoms with van der Waals surface area (Å²) >= 11 is 6.23. The first-order valence-corrected chi connectivity index (χ1v) is 8.41. The van der Waals surface area contributed by atoms with Gasteiger partial charge >= 0.3 is 0 Å². The highest BCUT2D eigenvalue weighted by Crippen LogP contribution is 2.29. The van der Waals surface area contributed by atoms with Gasteiger partial charge in [0.1, 0.15) is 0 Å². The number of halogens is 1. The Bertz CT molecular complexity index is 523. The molecule has 2 aromatic carbocycles. The van der Waals surface area contributed by atoms with Gasteiger partial charge in [-0.15, -0.1) is 11.6 Å². The largest absolute Gasteiger partial charge is 0.290 e. The van der Waals surface area contributed by atoms with Gasteiger partial charge in [0, 0.05) is 26.2 Å². The maximum absolute atomic E-state index is 6.23. The summed E-state index contributed by atoms with van der Waals surface area (Å²) in [5.74, 6) is 0. The van der Waals surface area contributed by atoms with Gasteiger partial charge in [-0.25, -0.2) is 0 Å². The Morgan fingerprint density at radius 3 is 1.55 bits per heavy atom. The molecule has 0 N–H and O–H groups in total. The molecule has 1 heterocycles. The summed E-state index contributed by atoms with van der Waals surface area (Å²) in [5.41, 5.74) is 2.84. The Labute approximate surface area is 138 Å². The summed E-state index contributed by atoms with van der Waals surface area (Å²) in [6.07, 6.45) is 0. The van der Waals surface area contributed by atoms with Gasteiger partial charge in [0.05, 0.1) is 11.5 Å². The molecule has 1 aliphatic heterocycles. The minimum Gasteiger partial charge on any atom is -0.290 e. The number of benzene rings is 2. The van der Waals surface area contributed by atoms with Crippen LogP contribution < -0.4 is 0 Å². The van der Waals surface area contributed by atoms with Crippen molar-refractivity contribution in [2.75, 3.05) is 26.2 Å². The molecule has 3 heteroatoms. The lowest BCUT2D eigenvalue weighted by Crippen LogP contribution is -2.49. The van der Waals surface area contributed by atoms with Gasteiger partial charge in [0.2, 0.25) is 0 Å². The Morgan fingerprint density at radius 2 is 1.14 bits per heavy atom. The van der Waals surface area contributed by atoms with E-state index in [1.54, 1.807) is 0 Å². The van der Waals surface area contributed by atoms with Crippen LogP contribution in [0.3, 0.4) is 0 Å². The van der Waals surface area contributed by atoms with Crippen LogP contribution in [0.15, 0.2) is 60.7 Å². The topological polar surface area (TPSA) is 6.48 Å². The van der Waals surface area contributed by atoms with Crippen LogP contribution in [0.4, 0.5) is 0 Å². The van der Waals surface area contributed by atoms with Crippen LogP contribution in [0.1, 0.15) is 24.1 Å². The van der Waals surface area contributed by atoms with Gasteiger partial charge in [-0.1, -0.05) is 60.7 Å². The molecule has 3 rings (SSSR count). The molecule has 22 heavy (non-hydrogen) atoms. The number of hydrogen-bond acceptors (Lipinski definition) is 2. The van der Waals surface area contributed by atoms with Crippen molar-refractivity contribution < 1.29 is 0 Å². The number of rotatable bonds is 4. The van der Waals surface area contributed by atoms with E-state index >= 15 is 0 Å². The molecular formula is C19H23ClN2. The van der Waals surface area contributed by atoms with Gasteiger partial charge < -0.3 is 0 Å². The fraction of sp³-hybridized carbons (Fsp3) is 0.368. The third kappa shape index (κ3) is 3.52. The highest BCUT2D eigenvalue weighted by atomic mass is 35.5. The van der Waals surface area contributed by atoms with Gasteiger partial charge in [0.25, 0.3) is 0 Å². The second kappa shape index (κ2) is 7.28. The van der Waals surface area contributed by atoms with E-state index in [2.05, 4.69) is 77.4 Å². The molecule has 0 saturated carbocycles. The van der Waals surface area contributed by atoms with Crippen LogP contribution in [0.2, 0.25) is 0 Å². The number of nitrogens with zero attached hydrogens (tertiary/aromatic N) is 2. The van der Waals surface area contributed by atoms with Crippen molar-refractivity contribution >= 4 is 11.6 Å². The molecule has 1 atom stereocenters. The van der Waals surface area contributed by atoms with Crippen molar-refractivity contribution in [2.24, 2.45) is 0 Å². The predicted octanol–water partition coefficient (Wildman–Crippen LogP) is 3.98. The molecule has 1 unspecified atom stereocenters. The Kier molecular flexibility index (Phi) is 5.14. The SMILES string of the molecule is CC(Cl)N1CCN(C(c2ccccc2)c2ccccc2)CC1. The molecule has 116 valence electrons. The first kappa shape index (κ1) is 15.5. The minimum atomic E-state index is 0.119. The van der Waals surface area contributed by atoms with Gasteiger partial charge in [0.15, 0.2) is 0 Å². The zero-order chi connectivity index (χ0) is 15.4.